The van der Waals surface area contributed by atoms with E-state index in [2.05, 4.69) is 5.32 Å². The normalized spacial score (nSPS) is 18.2. The van der Waals surface area contributed by atoms with Crippen molar-refractivity contribution < 1.29 is 23.5 Å². The lowest BCUT2D eigenvalue weighted by atomic mass is 10.1. The molecule has 1 aromatic rings. The van der Waals surface area contributed by atoms with Gasteiger partial charge in [0.15, 0.2) is 6.04 Å². The molecule has 1 aliphatic heterocycles. The van der Waals surface area contributed by atoms with E-state index in [0.717, 1.165) is 18.9 Å². The minimum atomic E-state index is -1.12. The van der Waals surface area contributed by atoms with Gasteiger partial charge in [0.25, 0.3) is 11.8 Å². The van der Waals surface area contributed by atoms with Crippen molar-refractivity contribution in [2.45, 2.75) is 25.8 Å². The van der Waals surface area contributed by atoms with Gasteiger partial charge in [0.1, 0.15) is 12.4 Å². The lowest BCUT2D eigenvalue weighted by molar-refractivity contribution is -0.132. The van der Waals surface area contributed by atoms with Crippen LogP contribution in [0.2, 0.25) is 0 Å². The summed E-state index contributed by atoms with van der Waals surface area (Å²) in [5, 5.41) is 2.56. The SMILES string of the molecule is CCN(CC1CC1)[C@@H](C(N)=O)C(=O)Nc1ccc(N2CCOCC2=O)c(F)c1. The first-order valence-corrected chi connectivity index (χ1v) is 9.42. The number of anilines is 2. The molecule has 1 aromatic carbocycles. The minimum absolute atomic E-state index is 0.0912. The average molecular weight is 392 g/mol. The Morgan fingerprint density at radius 1 is 1.43 bits per heavy atom. The number of hydrogen-bond donors (Lipinski definition) is 2. The number of amides is 3. The van der Waals surface area contributed by atoms with Gasteiger partial charge >= 0.3 is 0 Å². The summed E-state index contributed by atoms with van der Waals surface area (Å²) in [5.41, 5.74) is 5.78. The van der Waals surface area contributed by atoms with E-state index in [1.165, 1.54) is 17.0 Å². The summed E-state index contributed by atoms with van der Waals surface area (Å²) < 4.78 is 19.6. The smallest absolute Gasteiger partial charge is 0.253 e. The topological polar surface area (TPSA) is 105 Å². The molecule has 0 radical (unpaired) electrons. The maximum atomic E-state index is 14.5. The fraction of sp³-hybridized carbons (Fsp3) is 0.526. The van der Waals surface area contributed by atoms with Crippen molar-refractivity contribution in [3.05, 3.63) is 24.0 Å². The Hall–Kier alpha value is -2.52. The first-order valence-electron chi connectivity index (χ1n) is 9.42. The molecule has 8 nitrogen and oxygen atoms in total. The molecule has 152 valence electrons. The highest BCUT2D eigenvalue weighted by molar-refractivity contribution is 6.09. The van der Waals surface area contributed by atoms with Crippen molar-refractivity contribution in [1.29, 1.82) is 0 Å². The summed E-state index contributed by atoms with van der Waals surface area (Å²) in [7, 11) is 0. The van der Waals surface area contributed by atoms with Crippen LogP contribution in [-0.2, 0) is 19.1 Å². The number of benzene rings is 1. The number of halogens is 1. The molecule has 0 spiro atoms. The molecule has 2 fully saturated rings. The standard InChI is InChI=1S/C19H25FN4O4/c1-2-23(10-12-3-4-12)17(18(21)26)19(27)22-13-5-6-15(14(20)9-13)24-7-8-28-11-16(24)25/h5-6,9,12,17H,2-4,7-8,10-11H2,1H3,(H2,21,26)(H,22,27)/t17-/m0/s1. The molecule has 9 heteroatoms. The van der Waals surface area contributed by atoms with Gasteiger partial charge in [-0.15, -0.1) is 0 Å². The van der Waals surface area contributed by atoms with E-state index < -0.39 is 23.7 Å². The first-order chi connectivity index (χ1) is 13.4. The number of ether oxygens (including phenoxy) is 1. The Kier molecular flexibility index (Phi) is 6.25. The van der Waals surface area contributed by atoms with Crippen molar-refractivity contribution >= 4 is 29.1 Å². The van der Waals surface area contributed by atoms with E-state index in [1.54, 1.807) is 4.90 Å². The van der Waals surface area contributed by atoms with Crippen molar-refractivity contribution in [3.63, 3.8) is 0 Å². The third kappa shape index (κ3) is 4.66. The molecule has 3 amide bonds. The number of nitrogens with zero attached hydrogens (tertiary/aromatic N) is 2. The Morgan fingerprint density at radius 3 is 2.75 bits per heavy atom. The summed E-state index contributed by atoms with van der Waals surface area (Å²) in [5.74, 6) is -1.82. The zero-order valence-corrected chi connectivity index (χ0v) is 15.8. The highest BCUT2D eigenvalue weighted by Gasteiger charge is 2.34. The molecule has 3 N–H and O–H groups in total. The number of hydrogen-bond acceptors (Lipinski definition) is 5. The second kappa shape index (κ2) is 8.66. The van der Waals surface area contributed by atoms with Crippen LogP contribution in [0.5, 0.6) is 0 Å². The average Bonchev–Trinajstić information content (AvgIpc) is 3.46. The second-order valence-corrected chi connectivity index (χ2v) is 7.09. The number of nitrogens with two attached hydrogens (primary N) is 1. The van der Waals surface area contributed by atoms with Crippen LogP contribution in [0.3, 0.4) is 0 Å². The number of likely N-dealkylation sites (N-methyl/N-ethyl adjacent to an activating group) is 1. The largest absolute Gasteiger partial charge is 0.370 e. The van der Waals surface area contributed by atoms with Gasteiger partial charge in [-0.3, -0.25) is 19.3 Å². The Labute approximate surface area is 162 Å². The Morgan fingerprint density at radius 2 is 2.18 bits per heavy atom. The van der Waals surface area contributed by atoms with Crippen LogP contribution in [0.15, 0.2) is 18.2 Å². The van der Waals surface area contributed by atoms with Crippen LogP contribution in [-0.4, -0.2) is 61.5 Å². The summed E-state index contributed by atoms with van der Waals surface area (Å²) in [4.78, 5) is 39.5. The lowest BCUT2D eigenvalue weighted by Gasteiger charge is -2.28. The van der Waals surface area contributed by atoms with Gasteiger partial charge < -0.3 is 20.7 Å². The van der Waals surface area contributed by atoms with Crippen LogP contribution in [0.4, 0.5) is 15.8 Å². The highest BCUT2D eigenvalue weighted by atomic mass is 19.1. The van der Waals surface area contributed by atoms with Crippen molar-refractivity contribution in [2.24, 2.45) is 11.7 Å². The number of morpholine rings is 1. The van der Waals surface area contributed by atoms with Crippen LogP contribution in [0.1, 0.15) is 19.8 Å². The van der Waals surface area contributed by atoms with Gasteiger partial charge in [-0.05, 0) is 43.5 Å². The fourth-order valence-electron chi connectivity index (χ4n) is 3.31. The minimum Gasteiger partial charge on any atom is -0.370 e. The molecular weight excluding hydrogens is 367 g/mol. The zero-order valence-electron chi connectivity index (χ0n) is 15.8. The maximum absolute atomic E-state index is 14.5. The van der Waals surface area contributed by atoms with Gasteiger partial charge in [0.05, 0.1) is 12.3 Å². The number of rotatable bonds is 8. The maximum Gasteiger partial charge on any atom is 0.253 e. The number of carbonyl (C=O) groups excluding carboxylic acids is 3. The Balaban J connectivity index is 1.72. The number of primary amides is 1. The third-order valence-corrected chi connectivity index (χ3v) is 4.97. The van der Waals surface area contributed by atoms with Crippen LogP contribution < -0.4 is 16.0 Å². The molecule has 1 atom stereocenters. The van der Waals surface area contributed by atoms with Crippen LogP contribution in [0, 0.1) is 11.7 Å². The van der Waals surface area contributed by atoms with E-state index in [-0.39, 0.29) is 30.4 Å². The van der Waals surface area contributed by atoms with E-state index in [4.69, 9.17) is 10.5 Å². The van der Waals surface area contributed by atoms with Gasteiger partial charge in [-0.2, -0.15) is 0 Å². The number of nitrogens with one attached hydrogen (secondary N) is 1. The molecule has 1 heterocycles. The third-order valence-electron chi connectivity index (χ3n) is 4.97. The number of carbonyl (C=O) groups is 3. The van der Waals surface area contributed by atoms with Gasteiger partial charge in [0, 0.05) is 18.8 Å². The van der Waals surface area contributed by atoms with E-state index in [0.29, 0.717) is 25.6 Å². The molecule has 1 saturated heterocycles. The van der Waals surface area contributed by atoms with E-state index in [9.17, 15) is 18.8 Å². The first kappa shape index (κ1) is 20.2. The predicted octanol–water partition coefficient (Wildman–Crippen LogP) is 0.713. The van der Waals surface area contributed by atoms with Crippen LogP contribution in [0.25, 0.3) is 0 Å². The monoisotopic (exact) mass is 392 g/mol. The molecule has 1 saturated carbocycles. The van der Waals surface area contributed by atoms with Gasteiger partial charge in [-0.1, -0.05) is 6.92 Å². The fourth-order valence-corrected chi connectivity index (χ4v) is 3.31. The van der Waals surface area contributed by atoms with Gasteiger partial charge in [0.2, 0.25) is 5.91 Å². The van der Waals surface area contributed by atoms with Crippen molar-refractivity contribution in [1.82, 2.24) is 4.90 Å². The van der Waals surface area contributed by atoms with Crippen molar-refractivity contribution in [3.8, 4) is 0 Å². The van der Waals surface area contributed by atoms with E-state index in [1.807, 2.05) is 6.92 Å². The second-order valence-electron chi connectivity index (χ2n) is 7.09. The molecule has 3 rings (SSSR count). The summed E-state index contributed by atoms with van der Waals surface area (Å²) in [6.45, 7) is 3.50. The van der Waals surface area contributed by atoms with Gasteiger partial charge in [-0.25, -0.2) is 4.39 Å². The van der Waals surface area contributed by atoms with Crippen LogP contribution >= 0.6 is 0 Å². The van der Waals surface area contributed by atoms with E-state index >= 15 is 0 Å². The molecule has 1 aliphatic carbocycles. The molecular formula is C19H25FN4O4. The lowest BCUT2D eigenvalue weighted by Crippen LogP contribution is -2.52. The zero-order chi connectivity index (χ0) is 20.3. The molecule has 0 aromatic heterocycles. The predicted molar refractivity (Wildman–Crippen MR) is 101 cm³/mol. The quantitative estimate of drug-likeness (QED) is 0.634. The molecule has 0 unspecified atom stereocenters. The summed E-state index contributed by atoms with van der Waals surface area (Å²) >= 11 is 0. The highest BCUT2D eigenvalue weighted by Crippen LogP contribution is 2.30. The Bertz CT molecular complexity index is 768. The summed E-state index contributed by atoms with van der Waals surface area (Å²) in [6, 6.07) is 2.93. The summed E-state index contributed by atoms with van der Waals surface area (Å²) in [6.07, 6.45) is 2.16. The van der Waals surface area contributed by atoms with Crippen molar-refractivity contribution in [2.75, 3.05) is 43.1 Å². The molecule has 2 aliphatic rings. The molecule has 0 bridgehead atoms. The molecule has 28 heavy (non-hydrogen) atoms.